The second kappa shape index (κ2) is 7.13. The van der Waals surface area contributed by atoms with E-state index in [1.807, 2.05) is 30.3 Å². The molecule has 0 fully saturated rings. The van der Waals surface area contributed by atoms with Crippen LogP contribution in [0.25, 0.3) is 22.0 Å². The van der Waals surface area contributed by atoms with Gasteiger partial charge in [0.25, 0.3) is 5.91 Å². The summed E-state index contributed by atoms with van der Waals surface area (Å²) in [5.41, 5.74) is 15.2. The van der Waals surface area contributed by atoms with Crippen molar-refractivity contribution < 1.29 is 9.18 Å². The molecule has 0 radical (unpaired) electrons. The van der Waals surface area contributed by atoms with Crippen LogP contribution >= 0.6 is 0 Å². The van der Waals surface area contributed by atoms with Gasteiger partial charge in [0, 0.05) is 41.2 Å². The van der Waals surface area contributed by atoms with Gasteiger partial charge in [-0.1, -0.05) is 30.3 Å². The molecule has 27 heavy (non-hydrogen) atoms. The normalized spacial score (nSPS) is 14.8. The van der Waals surface area contributed by atoms with Gasteiger partial charge in [0.05, 0.1) is 0 Å². The highest BCUT2D eigenvalue weighted by Gasteiger charge is 2.31. The Morgan fingerprint density at radius 2 is 2.00 bits per heavy atom. The van der Waals surface area contributed by atoms with Gasteiger partial charge in [-0.15, -0.1) is 0 Å². The Kier molecular flexibility index (Phi) is 4.68. The lowest BCUT2D eigenvalue weighted by Gasteiger charge is -2.25. The molecule has 1 aliphatic rings. The number of para-hydroxylation sites is 1. The summed E-state index contributed by atoms with van der Waals surface area (Å²) < 4.78 is 14.7. The number of hydrogen-bond acceptors (Lipinski definition) is 3. The quantitative estimate of drug-likeness (QED) is 0.649. The van der Waals surface area contributed by atoms with Crippen LogP contribution in [-0.2, 0) is 6.54 Å². The molecule has 2 aromatic carbocycles. The summed E-state index contributed by atoms with van der Waals surface area (Å²) in [4.78, 5) is 18.2. The minimum absolute atomic E-state index is 0.153. The standard InChI is InChI=1S/C21H23FN4O/c22-17-8-3-7-14-16(17)12-26(11-13(24)5-4-10-23)21(27)20-19(14)15-6-1-2-9-18(15)25-20/h1-3,6-9,13,25H,4-5,10-12,23-24H2. The van der Waals surface area contributed by atoms with Crippen molar-refractivity contribution >= 4 is 16.8 Å². The number of carbonyl (C=O) groups excluding carboxylic acids is 1. The smallest absolute Gasteiger partial charge is 0.271 e. The average molecular weight is 366 g/mol. The Morgan fingerprint density at radius 1 is 1.19 bits per heavy atom. The molecule has 4 rings (SSSR count). The summed E-state index contributed by atoms with van der Waals surface area (Å²) in [5.74, 6) is -0.459. The van der Waals surface area contributed by atoms with Gasteiger partial charge < -0.3 is 21.4 Å². The summed E-state index contributed by atoms with van der Waals surface area (Å²) in [6.07, 6.45) is 1.52. The van der Waals surface area contributed by atoms with E-state index in [1.165, 1.54) is 6.07 Å². The maximum atomic E-state index is 14.7. The van der Waals surface area contributed by atoms with Crippen LogP contribution in [0.1, 0.15) is 28.9 Å². The number of nitrogens with one attached hydrogen (secondary N) is 1. The number of H-pyrrole nitrogens is 1. The Bertz CT molecular complexity index is 997. The molecular weight excluding hydrogens is 343 g/mol. The summed E-state index contributed by atoms with van der Waals surface area (Å²) >= 11 is 0. The van der Waals surface area contributed by atoms with E-state index < -0.39 is 0 Å². The first kappa shape index (κ1) is 17.7. The zero-order valence-corrected chi connectivity index (χ0v) is 15.0. The van der Waals surface area contributed by atoms with Crippen molar-refractivity contribution in [2.45, 2.75) is 25.4 Å². The fourth-order valence-electron chi connectivity index (χ4n) is 3.86. The van der Waals surface area contributed by atoms with E-state index in [0.717, 1.165) is 34.9 Å². The van der Waals surface area contributed by atoms with Gasteiger partial charge in [0.15, 0.2) is 0 Å². The van der Waals surface area contributed by atoms with Crippen LogP contribution in [0, 0.1) is 5.82 Å². The van der Waals surface area contributed by atoms with E-state index in [-0.39, 0.29) is 24.3 Å². The molecule has 6 heteroatoms. The van der Waals surface area contributed by atoms with Crippen LogP contribution in [0.5, 0.6) is 0 Å². The lowest BCUT2D eigenvalue weighted by molar-refractivity contribution is 0.0728. The Hall–Kier alpha value is -2.70. The van der Waals surface area contributed by atoms with E-state index in [2.05, 4.69) is 4.98 Å². The zero-order chi connectivity index (χ0) is 19.0. The number of aromatic amines is 1. The predicted molar refractivity (Wildman–Crippen MR) is 105 cm³/mol. The molecule has 3 aromatic rings. The molecule has 5 N–H and O–H groups in total. The topological polar surface area (TPSA) is 88.1 Å². The van der Waals surface area contributed by atoms with Crippen LogP contribution in [0.2, 0.25) is 0 Å². The maximum absolute atomic E-state index is 14.7. The zero-order valence-electron chi connectivity index (χ0n) is 15.0. The second-order valence-electron chi connectivity index (χ2n) is 7.06. The van der Waals surface area contributed by atoms with Gasteiger partial charge in [-0.05, 0) is 37.1 Å². The van der Waals surface area contributed by atoms with Crippen molar-refractivity contribution in [2.75, 3.05) is 13.1 Å². The summed E-state index contributed by atoms with van der Waals surface area (Å²) in [7, 11) is 0. The fourth-order valence-corrected chi connectivity index (χ4v) is 3.86. The molecule has 1 atom stereocenters. The fraction of sp³-hybridized carbons (Fsp3) is 0.286. The molecule has 1 unspecified atom stereocenters. The van der Waals surface area contributed by atoms with Gasteiger partial charge in [-0.3, -0.25) is 4.79 Å². The van der Waals surface area contributed by atoms with Gasteiger partial charge >= 0.3 is 0 Å². The number of halogens is 1. The number of aromatic nitrogens is 1. The first-order chi connectivity index (χ1) is 13.1. The van der Waals surface area contributed by atoms with Crippen LogP contribution in [-0.4, -0.2) is 34.9 Å². The number of nitrogens with zero attached hydrogens (tertiary/aromatic N) is 1. The van der Waals surface area contributed by atoms with Crippen molar-refractivity contribution in [1.29, 1.82) is 0 Å². The van der Waals surface area contributed by atoms with Gasteiger partial charge in [0.2, 0.25) is 0 Å². The van der Waals surface area contributed by atoms with E-state index in [1.54, 1.807) is 11.0 Å². The molecule has 1 aliphatic heterocycles. The minimum Gasteiger partial charge on any atom is -0.350 e. The predicted octanol–water partition coefficient (Wildman–Crippen LogP) is 3.00. The molecule has 5 nitrogen and oxygen atoms in total. The Morgan fingerprint density at radius 3 is 2.81 bits per heavy atom. The lowest BCUT2D eigenvalue weighted by Crippen LogP contribution is -2.40. The number of amides is 1. The maximum Gasteiger partial charge on any atom is 0.271 e. The molecule has 0 aliphatic carbocycles. The van der Waals surface area contributed by atoms with E-state index >= 15 is 0 Å². The lowest BCUT2D eigenvalue weighted by atomic mass is 9.97. The van der Waals surface area contributed by atoms with Gasteiger partial charge in [-0.25, -0.2) is 4.39 Å². The summed E-state index contributed by atoms with van der Waals surface area (Å²) in [6, 6.07) is 12.5. The van der Waals surface area contributed by atoms with Gasteiger partial charge in [0.1, 0.15) is 11.5 Å². The van der Waals surface area contributed by atoms with Gasteiger partial charge in [-0.2, -0.15) is 0 Å². The molecule has 0 bridgehead atoms. The number of carbonyl (C=O) groups is 1. The van der Waals surface area contributed by atoms with Crippen LogP contribution in [0.3, 0.4) is 0 Å². The van der Waals surface area contributed by atoms with Crippen LogP contribution in [0.4, 0.5) is 4.39 Å². The molecule has 0 saturated carbocycles. The third-order valence-electron chi connectivity index (χ3n) is 5.18. The van der Waals surface area contributed by atoms with Crippen molar-refractivity contribution in [2.24, 2.45) is 11.5 Å². The third-order valence-corrected chi connectivity index (χ3v) is 5.18. The largest absolute Gasteiger partial charge is 0.350 e. The molecule has 2 heterocycles. The molecule has 0 spiro atoms. The number of nitrogens with two attached hydrogens (primary N) is 2. The van der Waals surface area contributed by atoms with Crippen LogP contribution in [0.15, 0.2) is 42.5 Å². The number of benzene rings is 2. The Labute approximate surface area is 157 Å². The first-order valence-electron chi connectivity index (χ1n) is 9.23. The van der Waals surface area contributed by atoms with Crippen LogP contribution < -0.4 is 11.5 Å². The molecule has 0 saturated heterocycles. The van der Waals surface area contributed by atoms with Crippen molar-refractivity contribution in [3.63, 3.8) is 0 Å². The second-order valence-corrected chi connectivity index (χ2v) is 7.06. The van der Waals surface area contributed by atoms with E-state index in [9.17, 15) is 9.18 Å². The van der Waals surface area contributed by atoms with Crippen molar-refractivity contribution in [1.82, 2.24) is 9.88 Å². The molecular formula is C21H23FN4O. The number of hydrogen-bond donors (Lipinski definition) is 3. The third kappa shape index (κ3) is 3.11. The highest BCUT2D eigenvalue weighted by molar-refractivity contribution is 6.11. The highest BCUT2D eigenvalue weighted by Crippen LogP contribution is 2.38. The minimum atomic E-state index is -0.307. The number of fused-ring (bicyclic) bond motifs is 5. The van der Waals surface area contributed by atoms with Crippen molar-refractivity contribution in [3.05, 3.63) is 59.5 Å². The monoisotopic (exact) mass is 366 g/mol. The Balaban J connectivity index is 1.84. The number of rotatable bonds is 5. The van der Waals surface area contributed by atoms with Crippen molar-refractivity contribution in [3.8, 4) is 11.1 Å². The molecule has 1 aromatic heterocycles. The summed E-state index contributed by atoms with van der Waals surface area (Å²) in [5, 5.41) is 0.919. The first-order valence-corrected chi connectivity index (χ1v) is 9.23. The molecule has 140 valence electrons. The highest BCUT2D eigenvalue weighted by atomic mass is 19.1. The summed E-state index contributed by atoms with van der Waals surface area (Å²) in [6.45, 7) is 1.13. The SMILES string of the molecule is NCCCC(N)CN1Cc2c(F)cccc2-c2c([nH]c3ccccc23)C1=O. The van der Waals surface area contributed by atoms with E-state index in [4.69, 9.17) is 11.5 Å². The average Bonchev–Trinajstić information content (AvgIpc) is 3.01. The van der Waals surface area contributed by atoms with E-state index in [0.29, 0.717) is 24.3 Å². The molecule has 1 amide bonds.